The van der Waals surface area contributed by atoms with Gasteiger partial charge in [-0.1, -0.05) is 13.8 Å². The summed E-state index contributed by atoms with van der Waals surface area (Å²) in [7, 11) is 1.67. The van der Waals surface area contributed by atoms with Gasteiger partial charge in [0.15, 0.2) is 5.43 Å². The van der Waals surface area contributed by atoms with E-state index in [-0.39, 0.29) is 17.5 Å². The number of hydrogen-bond acceptors (Lipinski definition) is 5. The molecule has 1 aromatic carbocycles. The van der Waals surface area contributed by atoms with Crippen LogP contribution in [0.5, 0.6) is 11.5 Å². The molecule has 7 heteroatoms. The molecule has 0 spiro atoms. The molecule has 0 amide bonds. The summed E-state index contributed by atoms with van der Waals surface area (Å²) in [5, 5.41) is 9.47. The van der Waals surface area contributed by atoms with Crippen LogP contribution >= 0.6 is 0 Å². The molecular weight excluding hydrogens is 398 g/mol. The number of nitrogens with zero attached hydrogens (tertiary/aromatic N) is 1. The van der Waals surface area contributed by atoms with Gasteiger partial charge in [-0.25, -0.2) is 4.79 Å². The minimum absolute atomic E-state index is 0.100. The highest BCUT2D eigenvalue weighted by atomic mass is 16.5. The number of carboxylic acid groups (broad SMARTS) is 1. The lowest BCUT2D eigenvalue weighted by Crippen LogP contribution is -2.25. The zero-order valence-electron chi connectivity index (χ0n) is 18.2. The highest BCUT2D eigenvalue weighted by molar-refractivity contribution is 5.88. The fourth-order valence-corrected chi connectivity index (χ4v) is 4.09. The van der Waals surface area contributed by atoms with Crippen LogP contribution in [0.1, 0.15) is 61.0 Å². The van der Waals surface area contributed by atoms with E-state index in [1.54, 1.807) is 7.11 Å². The Labute approximate surface area is 181 Å². The van der Waals surface area contributed by atoms with Crippen LogP contribution in [-0.2, 0) is 4.74 Å². The quantitative estimate of drug-likeness (QED) is 0.639. The Morgan fingerprint density at radius 2 is 2.03 bits per heavy atom. The van der Waals surface area contributed by atoms with Crippen molar-refractivity contribution in [3.05, 3.63) is 45.7 Å². The second-order valence-corrected chi connectivity index (χ2v) is 8.63. The monoisotopic (exact) mass is 427 g/mol. The summed E-state index contributed by atoms with van der Waals surface area (Å²) in [4.78, 5) is 24.1. The third-order valence-corrected chi connectivity index (χ3v) is 6.00. The van der Waals surface area contributed by atoms with Gasteiger partial charge in [0.05, 0.1) is 18.3 Å². The molecule has 166 valence electrons. The predicted octanol–water partition coefficient (Wildman–Crippen LogP) is 4.10. The van der Waals surface area contributed by atoms with Gasteiger partial charge in [0.2, 0.25) is 0 Å². The lowest BCUT2D eigenvalue weighted by Gasteiger charge is -2.24. The van der Waals surface area contributed by atoms with E-state index >= 15 is 0 Å². The Morgan fingerprint density at radius 3 is 2.68 bits per heavy atom. The molecule has 7 nitrogen and oxygen atoms in total. The van der Waals surface area contributed by atoms with Gasteiger partial charge < -0.3 is 23.9 Å². The summed E-state index contributed by atoms with van der Waals surface area (Å²) in [5.74, 6) is 0.879. The number of benzene rings is 1. The van der Waals surface area contributed by atoms with Crippen molar-refractivity contribution in [2.24, 2.45) is 5.92 Å². The van der Waals surface area contributed by atoms with Gasteiger partial charge in [-0.05, 0) is 36.3 Å². The zero-order valence-corrected chi connectivity index (χ0v) is 18.2. The van der Waals surface area contributed by atoms with Crippen LogP contribution in [0.4, 0.5) is 0 Å². The van der Waals surface area contributed by atoms with Gasteiger partial charge in [-0.15, -0.1) is 0 Å². The highest BCUT2D eigenvalue weighted by Gasteiger charge is 2.32. The average Bonchev–Trinajstić information content (AvgIpc) is 3.57. The van der Waals surface area contributed by atoms with Crippen LogP contribution in [0.25, 0.3) is 11.3 Å². The molecule has 0 unspecified atom stereocenters. The van der Waals surface area contributed by atoms with Crippen LogP contribution < -0.4 is 14.9 Å². The van der Waals surface area contributed by atoms with Crippen molar-refractivity contribution in [2.45, 2.75) is 45.1 Å². The Morgan fingerprint density at radius 1 is 1.26 bits per heavy atom. The second-order valence-electron chi connectivity index (χ2n) is 8.63. The summed E-state index contributed by atoms with van der Waals surface area (Å²) < 4.78 is 19.3. The summed E-state index contributed by atoms with van der Waals surface area (Å²) in [6.07, 6.45) is 4.47. The Balaban J connectivity index is 1.83. The van der Waals surface area contributed by atoms with E-state index < -0.39 is 11.4 Å². The molecule has 1 fully saturated rings. The lowest BCUT2D eigenvalue weighted by molar-refractivity contribution is 0.0694. The third kappa shape index (κ3) is 4.32. The van der Waals surface area contributed by atoms with Gasteiger partial charge in [-0.3, -0.25) is 4.79 Å². The minimum atomic E-state index is -1.22. The molecule has 31 heavy (non-hydrogen) atoms. The molecule has 2 aromatic rings. The number of ether oxygens (including phenoxy) is 3. The molecule has 0 radical (unpaired) electrons. The largest absolute Gasteiger partial charge is 0.493 e. The third-order valence-electron chi connectivity index (χ3n) is 6.00. The van der Waals surface area contributed by atoms with E-state index in [1.165, 1.54) is 12.3 Å². The first-order valence-corrected chi connectivity index (χ1v) is 10.8. The maximum Gasteiger partial charge on any atom is 0.341 e. The number of carboxylic acids is 1. The molecule has 1 saturated carbocycles. The molecule has 1 N–H and O–H groups in total. The van der Waals surface area contributed by atoms with Gasteiger partial charge in [0, 0.05) is 44.0 Å². The van der Waals surface area contributed by atoms with Crippen LogP contribution in [0, 0.1) is 5.92 Å². The van der Waals surface area contributed by atoms with Crippen molar-refractivity contribution in [3.8, 4) is 22.8 Å². The van der Waals surface area contributed by atoms with Crippen molar-refractivity contribution in [1.29, 1.82) is 0 Å². The van der Waals surface area contributed by atoms with Gasteiger partial charge in [0.25, 0.3) is 0 Å². The van der Waals surface area contributed by atoms with Crippen LogP contribution in [0.2, 0.25) is 0 Å². The topological polar surface area (TPSA) is 87.0 Å². The Bertz CT molecular complexity index is 1040. The second kappa shape index (κ2) is 8.75. The zero-order chi connectivity index (χ0) is 22.1. The van der Waals surface area contributed by atoms with Crippen molar-refractivity contribution >= 4 is 5.97 Å². The summed E-state index contributed by atoms with van der Waals surface area (Å²) in [5.41, 5.74) is 1.89. The van der Waals surface area contributed by atoms with Gasteiger partial charge >= 0.3 is 5.97 Å². The maximum atomic E-state index is 12.6. The van der Waals surface area contributed by atoms with E-state index in [0.29, 0.717) is 37.2 Å². The summed E-state index contributed by atoms with van der Waals surface area (Å²) in [6.45, 7) is 5.70. The molecule has 2 heterocycles. The van der Waals surface area contributed by atoms with E-state index in [0.717, 1.165) is 36.1 Å². The van der Waals surface area contributed by atoms with Crippen molar-refractivity contribution < 1.29 is 24.1 Å². The molecule has 1 aromatic heterocycles. The number of aromatic carboxylic acids is 1. The fraction of sp³-hybridized carbons (Fsp3) is 0.500. The highest BCUT2D eigenvalue weighted by Crippen LogP contribution is 2.49. The number of methoxy groups -OCH3 is 1. The van der Waals surface area contributed by atoms with E-state index in [9.17, 15) is 14.7 Å². The molecule has 4 rings (SSSR count). The van der Waals surface area contributed by atoms with E-state index in [1.807, 2.05) is 10.6 Å². The smallest absolute Gasteiger partial charge is 0.341 e. The maximum absolute atomic E-state index is 12.6. The average molecular weight is 427 g/mol. The predicted molar refractivity (Wildman–Crippen MR) is 116 cm³/mol. The van der Waals surface area contributed by atoms with E-state index in [4.69, 9.17) is 14.2 Å². The molecule has 1 atom stereocenters. The number of aromatic nitrogens is 1. The van der Waals surface area contributed by atoms with Crippen molar-refractivity contribution in [3.63, 3.8) is 0 Å². The number of hydrogen-bond donors (Lipinski definition) is 1. The molecule has 2 aliphatic rings. The molecule has 1 aliphatic heterocycles. The Kier molecular flexibility index (Phi) is 6.05. The van der Waals surface area contributed by atoms with Crippen LogP contribution in [-0.4, -0.2) is 42.6 Å². The van der Waals surface area contributed by atoms with Gasteiger partial charge in [0.1, 0.15) is 23.7 Å². The summed E-state index contributed by atoms with van der Waals surface area (Å²) in [6, 6.07) is 5.32. The first-order valence-electron chi connectivity index (χ1n) is 10.8. The molecular formula is C24H29NO6. The van der Waals surface area contributed by atoms with Crippen LogP contribution in [0.15, 0.2) is 29.2 Å². The van der Waals surface area contributed by atoms with Crippen molar-refractivity contribution in [1.82, 2.24) is 4.57 Å². The molecule has 0 bridgehead atoms. The number of pyridine rings is 1. The first-order chi connectivity index (χ1) is 14.9. The van der Waals surface area contributed by atoms with Crippen LogP contribution in [0.3, 0.4) is 0 Å². The SMILES string of the molecule is COCCCOc1cc2c(cc1C1CC1)-c1cc(=O)c(C(=O)O)cn1[C@H](C(C)C)CO2. The van der Waals surface area contributed by atoms with Crippen molar-refractivity contribution in [2.75, 3.05) is 26.9 Å². The summed E-state index contributed by atoms with van der Waals surface area (Å²) >= 11 is 0. The lowest BCUT2D eigenvalue weighted by atomic mass is 9.99. The standard InChI is InChI=1S/C24H29NO6/c1-14(2)20-13-31-23-11-22(30-8-4-7-29-3)16(15-5-6-15)9-17(23)19-10-21(26)18(24(27)28)12-25(19)20/h9-12,14-15,20H,4-8,13H2,1-3H3,(H,27,28)/t20-/m0/s1. The number of fused-ring (bicyclic) bond motifs is 3. The normalized spacial score (nSPS) is 17.5. The molecule has 0 saturated heterocycles. The Hall–Kier alpha value is -2.80. The van der Waals surface area contributed by atoms with E-state index in [2.05, 4.69) is 19.9 Å². The fourth-order valence-electron chi connectivity index (χ4n) is 4.09. The number of carbonyl (C=O) groups is 1. The number of rotatable bonds is 8. The molecule has 1 aliphatic carbocycles. The first kappa shape index (κ1) is 21.4. The minimum Gasteiger partial charge on any atom is -0.493 e. The van der Waals surface area contributed by atoms with Gasteiger partial charge in [-0.2, -0.15) is 0 Å².